The zero-order valence-electron chi connectivity index (χ0n) is 13.5. The van der Waals surface area contributed by atoms with Gasteiger partial charge in [0.15, 0.2) is 0 Å². The topological polar surface area (TPSA) is 41.1 Å². The van der Waals surface area contributed by atoms with E-state index < -0.39 is 0 Å². The van der Waals surface area contributed by atoms with Gasteiger partial charge in [-0.05, 0) is 56.3 Å². The molecule has 0 aromatic heterocycles. The lowest BCUT2D eigenvalue weighted by atomic mass is 9.92. The van der Waals surface area contributed by atoms with E-state index in [4.69, 9.17) is 0 Å². The summed E-state index contributed by atoms with van der Waals surface area (Å²) in [5, 5.41) is 6.62. The molecule has 3 heteroatoms. The van der Waals surface area contributed by atoms with Gasteiger partial charge in [0.2, 0.25) is 5.91 Å². The van der Waals surface area contributed by atoms with Crippen molar-refractivity contribution in [2.75, 3.05) is 13.1 Å². The molecule has 1 atom stereocenters. The molecule has 1 aliphatic heterocycles. The molecule has 2 rings (SSSR count). The highest BCUT2D eigenvalue weighted by atomic mass is 16.1. The van der Waals surface area contributed by atoms with Crippen LogP contribution < -0.4 is 10.6 Å². The van der Waals surface area contributed by atoms with Crippen LogP contribution in [0, 0.1) is 18.8 Å². The lowest BCUT2D eigenvalue weighted by Gasteiger charge is -2.27. The van der Waals surface area contributed by atoms with Gasteiger partial charge in [-0.15, -0.1) is 0 Å². The fourth-order valence-corrected chi connectivity index (χ4v) is 3.09. The Balaban J connectivity index is 2.09. The molecule has 0 aliphatic carbocycles. The lowest BCUT2D eigenvalue weighted by molar-refractivity contribution is -0.126. The molecule has 1 amide bonds. The van der Waals surface area contributed by atoms with Crippen molar-refractivity contribution in [2.45, 2.75) is 46.1 Å². The van der Waals surface area contributed by atoms with Crippen molar-refractivity contribution in [1.82, 2.24) is 10.6 Å². The Hall–Kier alpha value is -1.35. The molecule has 116 valence electrons. The van der Waals surface area contributed by atoms with Crippen molar-refractivity contribution in [3.63, 3.8) is 0 Å². The van der Waals surface area contributed by atoms with Crippen LogP contribution in [-0.4, -0.2) is 19.0 Å². The van der Waals surface area contributed by atoms with Crippen LogP contribution in [0.5, 0.6) is 0 Å². The summed E-state index contributed by atoms with van der Waals surface area (Å²) in [6.45, 7) is 8.46. The molecule has 1 aromatic carbocycles. The number of hydrogen-bond donors (Lipinski definition) is 2. The van der Waals surface area contributed by atoms with Crippen LogP contribution in [0.1, 0.15) is 50.3 Å². The average Bonchev–Trinajstić information content (AvgIpc) is 2.47. The van der Waals surface area contributed by atoms with Crippen molar-refractivity contribution in [1.29, 1.82) is 0 Å². The quantitative estimate of drug-likeness (QED) is 0.873. The number of carbonyl (C=O) groups excluding carboxylic acids is 1. The lowest BCUT2D eigenvalue weighted by Crippen LogP contribution is -2.40. The van der Waals surface area contributed by atoms with Gasteiger partial charge < -0.3 is 10.6 Å². The first-order valence-corrected chi connectivity index (χ1v) is 8.14. The maximum atomic E-state index is 12.5. The molecule has 21 heavy (non-hydrogen) atoms. The van der Waals surface area contributed by atoms with Gasteiger partial charge in [0.1, 0.15) is 0 Å². The van der Waals surface area contributed by atoms with E-state index in [-0.39, 0.29) is 17.9 Å². The normalized spacial score (nSPS) is 17.7. The molecule has 1 fully saturated rings. The molecule has 2 N–H and O–H groups in total. The highest BCUT2D eigenvalue weighted by molar-refractivity contribution is 5.79. The monoisotopic (exact) mass is 288 g/mol. The summed E-state index contributed by atoms with van der Waals surface area (Å²) in [6, 6.07) is 8.52. The summed E-state index contributed by atoms with van der Waals surface area (Å²) < 4.78 is 0. The smallest absolute Gasteiger partial charge is 0.223 e. The molecule has 1 aliphatic rings. The SMILES string of the molecule is Cc1ccccc1C(CC(C)C)NC(=O)C1CCNCC1. The van der Waals surface area contributed by atoms with Crippen LogP contribution in [0.3, 0.4) is 0 Å². The van der Waals surface area contributed by atoms with E-state index in [0.29, 0.717) is 5.92 Å². The number of piperidine rings is 1. The summed E-state index contributed by atoms with van der Waals surface area (Å²) in [4.78, 5) is 12.5. The number of nitrogens with one attached hydrogen (secondary N) is 2. The summed E-state index contributed by atoms with van der Waals surface area (Å²) in [6.07, 6.45) is 2.89. The van der Waals surface area contributed by atoms with Gasteiger partial charge in [-0.25, -0.2) is 0 Å². The van der Waals surface area contributed by atoms with E-state index in [9.17, 15) is 4.79 Å². The highest BCUT2D eigenvalue weighted by Crippen LogP contribution is 2.25. The minimum absolute atomic E-state index is 0.133. The second kappa shape index (κ2) is 7.60. The second-order valence-corrected chi connectivity index (χ2v) is 6.57. The van der Waals surface area contributed by atoms with Gasteiger partial charge in [0.25, 0.3) is 0 Å². The first-order valence-electron chi connectivity index (χ1n) is 8.14. The maximum Gasteiger partial charge on any atom is 0.223 e. The largest absolute Gasteiger partial charge is 0.349 e. The number of amides is 1. The summed E-state index contributed by atoms with van der Waals surface area (Å²) in [5.41, 5.74) is 2.52. The zero-order valence-corrected chi connectivity index (χ0v) is 13.5. The third kappa shape index (κ3) is 4.57. The minimum atomic E-state index is 0.133. The highest BCUT2D eigenvalue weighted by Gasteiger charge is 2.24. The van der Waals surface area contributed by atoms with Gasteiger partial charge in [-0.1, -0.05) is 38.1 Å². The van der Waals surface area contributed by atoms with Crippen LogP contribution in [0.15, 0.2) is 24.3 Å². The van der Waals surface area contributed by atoms with Crippen molar-refractivity contribution >= 4 is 5.91 Å². The molecule has 1 unspecified atom stereocenters. The molecule has 3 nitrogen and oxygen atoms in total. The van der Waals surface area contributed by atoms with Crippen molar-refractivity contribution in [2.24, 2.45) is 11.8 Å². The number of carbonyl (C=O) groups is 1. The summed E-state index contributed by atoms with van der Waals surface area (Å²) >= 11 is 0. The Labute approximate surface area is 128 Å². The number of benzene rings is 1. The molecular weight excluding hydrogens is 260 g/mol. The van der Waals surface area contributed by atoms with Crippen LogP contribution in [0.2, 0.25) is 0 Å². The summed E-state index contributed by atoms with van der Waals surface area (Å²) in [7, 11) is 0. The number of hydrogen-bond acceptors (Lipinski definition) is 2. The molecule has 0 bridgehead atoms. The van der Waals surface area contributed by atoms with Crippen molar-refractivity contribution in [3.8, 4) is 0 Å². The van der Waals surface area contributed by atoms with Crippen molar-refractivity contribution < 1.29 is 4.79 Å². The Morgan fingerprint density at radius 3 is 2.57 bits per heavy atom. The number of aryl methyl sites for hydroxylation is 1. The Morgan fingerprint density at radius 1 is 1.29 bits per heavy atom. The number of rotatable bonds is 5. The molecule has 0 saturated carbocycles. The third-order valence-corrected chi connectivity index (χ3v) is 4.30. The fraction of sp³-hybridized carbons (Fsp3) is 0.611. The first-order chi connectivity index (χ1) is 10.1. The summed E-state index contributed by atoms with van der Waals surface area (Å²) in [5.74, 6) is 0.957. The second-order valence-electron chi connectivity index (χ2n) is 6.57. The Bertz CT molecular complexity index is 464. The van der Waals surface area contributed by atoms with Crippen LogP contribution in [0.25, 0.3) is 0 Å². The van der Waals surface area contributed by atoms with Gasteiger partial charge >= 0.3 is 0 Å². The van der Waals surface area contributed by atoms with E-state index in [1.165, 1.54) is 11.1 Å². The minimum Gasteiger partial charge on any atom is -0.349 e. The van der Waals surface area contributed by atoms with E-state index >= 15 is 0 Å². The Kier molecular flexibility index (Phi) is 5.80. The third-order valence-electron chi connectivity index (χ3n) is 4.30. The average molecular weight is 288 g/mol. The van der Waals surface area contributed by atoms with Gasteiger partial charge in [-0.3, -0.25) is 4.79 Å². The van der Waals surface area contributed by atoms with E-state index in [1.807, 2.05) is 0 Å². The van der Waals surface area contributed by atoms with Gasteiger partial charge in [-0.2, -0.15) is 0 Å². The van der Waals surface area contributed by atoms with E-state index in [2.05, 4.69) is 55.7 Å². The predicted octanol–water partition coefficient (Wildman–Crippen LogP) is 3.20. The van der Waals surface area contributed by atoms with E-state index in [0.717, 1.165) is 32.4 Å². The van der Waals surface area contributed by atoms with Crippen LogP contribution in [-0.2, 0) is 4.79 Å². The molecular formula is C18H28N2O. The fourth-order valence-electron chi connectivity index (χ4n) is 3.09. The zero-order chi connectivity index (χ0) is 15.2. The standard InChI is InChI=1S/C18H28N2O/c1-13(2)12-17(16-7-5-4-6-14(16)3)20-18(21)15-8-10-19-11-9-15/h4-7,13,15,17,19H,8-12H2,1-3H3,(H,20,21). The van der Waals surface area contributed by atoms with Crippen LogP contribution in [0.4, 0.5) is 0 Å². The molecule has 1 saturated heterocycles. The molecule has 1 aromatic rings. The molecule has 1 heterocycles. The van der Waals surface area contributed by atoms with Gasteiger partial charge in [0, 0.05) is 5.92 Å². The van der Waals surface area contributed by atoms with E-state index in [1.54, 1.807) is 0 Å². The maximum absolute atomic E-state index is 12.5. The van der Waals surface area contributed by atoms with Crippen LogP contribution >= 0.6 is 0 Å². The molecule has 0 spiro atoms. The predicted molar refractivity (Wildman–Crippen MR) is 87.1 cm³/mol. The Morgan fingerprint density at radius 2 is 1.95 bits per heavy atom. The first kappa shape index (κ1) is 16.0. The van der Waals surface area contributed by atoms with Crippen molar-refractivity contribution in [3.05, 3.63) is 35.4 Å². The molecule has 0 radical (unpaired) electrons. The van der Waals surface area contributed by atoms with Gasteiger partial charge in [0.05, 0.1) is 6.04 Å².